The largest absolute Gasteiger partial charge is 0.384 e. The van der Waals surface area contributed by atoms with Gasteiger partial charge >= 0.3 is 0 Å². The third-order valence-corrected chi connectivity index (χ3v) is 2.04. The first-order chi connectivity index (χ1) is 5.57. The molecule has 0 bridgehead atoms. The second-order valence-electron chi connectivity index (χ2n) is 3.60. The van der Waals surface area contributed by atoms with Crippen molar-refractivity contribution in [3.05, 3.63) is 24.4 Å². The van der Waals surface area contributed by atoms with Gasteiger partial charge in [0.1, 0.15) is 0 Å². The highest BCUT2D eigenvalue weighted by Gasteiger charge is 2.02. The van der Waals surface area contributed by atoms with Crippen molar-refractivity contribution >= 4 is 0 Å². The molecule has 70 valence electrons. The molecule has 1 atom stereocenters. The van der Waals surface area contributed by atoms with Crippen LogP contribution in [0.4, 0.5) is 0 Å². The molecule has 0 radical (unpaired) electrons. The topological polar surface area (TPSA) is 3.24 Å². The Balaban J connectivity index is 3.90. The van der Waals surface area contributed by atoms with Crippen molar-refractivity contribution in [1.82, 2.24) is 4.90 Å². The lowest BCUT2D eigenvalue weighted by Gasteiger charge is -2.14. The molecule has 0 rings (SSSR count). The minimum Gasteiger partial charge on any atom is -0.384 e. The zero-order valence-corrected chi connectivity index (χ0v) is 8.80. The zero-order valence-electron chi connectivity index (χ0n) is 8.80. The predicted octanol–water partition coefficient (Wildman–Crippen LogP) is 3.05. The molecule has 0 aromatic carbocycles. The van der Waals surface area contributed by atoms with Crippen LogP contribution >= 0.6 is 0 Å². The summed E-state index contributed by atoms with van der Waals surface area (Å²) in [4.78, 5) is 2.10. The van der Waals surface area contributed by atoms with E-state index in [4.69, 9.17) is 0 Å². The van der Waals surface area contributed by atoms with Gasteiger partial charge < -0.3 is 4.90 Å². The van der Waals surface area contributed by atoms with Gasteiger partial charge in [-0.05, 0) is 31.9 Å². The van der Waals surface area contributed by atoms with Gasteiger partial charge in [0.25, 0.3) is 0 Å². The quantitative estimate of drug-likeness (QED) is 0.569. The number of rotatable bonds is 5. The molecule has 0 saturated carbocycles. The summed E-state index contributed by atoms with van der Waals surface area (Å²) < 4.78 is 0. The van der Waals surface area contributed by atoms with Crippen LogP contribution in [0.15, 0.2) is 24.4 Å². The molecule has 12 heavy (non-hydrogen) atoms. The van der Waals surface area contributed by atoms with E-state index in [9.17, 15) is 0 Å². The van der Waals surface area contributed by atoms with E-state index in [1.807, 2.05) is 6.08 Å². The molecular weight excluding hydrogens is 146 g/mol. The Labute approximate surface area is 76.8 Å². The van der Waals surface area contributed by atoms with Crippen LogP contribution in [-0.2, 0) is 0 Å². The Morgan fingerprint density at radius 3 is 2.50 bits per heavy atom. The van der Waals surface area contributed by atoms with E-state index in [0.717, 1.165) is 6.42 Å². The average molecular weight is 167 g/mol. The van der Waals surface area contributed by atoms with Gasteiger partial charge in [-0.1, -0.05) is 18.6 Å². The fraction of sp³-hybridized carbons (Fsp3) is 0.636. The van der Waals surface area contributed by atoms with E-state index in [1.54, 1.807) is 0 Å². The number of hydrogen-bond acceptors (Lipinski definition) is 1. The molecule has 0 spiro atoms. The first kappa shape index (κ1) is 11.3. The summed E-state index contributed by atoms with van der Waals surface area (Å²) in [6, 6.07) is 0. The summed E-state index contributed by atoms with van der Waals surface area (Å²) in [6.45, 7) is 8.17. The van der Waals surface area contributed by atoms with Gasteiger partial charge in [-0.25, -0.2) is 0 Å². The van der Waals surface area contributed by atoms with E-state index < -0.39 is 0 Å². The van der Waals surface area contributed by atoms with Crippen LogP contribution in [0.5, 0.6) is 0 Å². The minimum absolute atomic E-state index is 0.672. The van der Waals surface area contributed by atoms with Crippen molar-refractivity contribution in [3.8, 4) is 0 Å². The van der Waals surface area contributed by atoms with E-state index in [2.05, 4.69) is 45.6 Å². The van der Waals surface area contributed by atoms with Gasteiger partial charge in [0, 0.05) is 14.1 Å². The molecule has 0 aliphatic rings. The monoisotopic (exact) mass is 167 g/mol. The van der Waals surface area contributed by atoms with Crippen molar-refractivity contribution < 1.29 is 0 Å². The molecule has 0 saturated heterocycles. The summed E-state index contributed by atoms with van der Waals surface area (Å²) >= 11 is 0. The summed E-state index contributed by atoms with van der Waals surface area (Å²) in [7, 11) is 4.12. The fourth-order valence-corrected chi connectivity index (χ4v) is 1.13. The fourth-order valence-electron chi connectivity index (χ4n) is 1.13. The van der Waals surface area contributed by atoms with Gasteiger partial charge in [-0.15, -0.1) is 6.58 Å². The van der Waals surface area contributed by atoms with Crippen LogP contribution in [-0.4, -0.2) is 19.0 Å². The van der Waals surface area contributed by atoms with E-state index in [0.29, 0.717) is 5.92 Å². The summed E-state index contributed by atoms with van der Waals surface area (Å²) in [5.41, 5.74) is 1.45. The van der Waals surface area contributed by atoms with Gasteiger partial charge in [-0.3, -0.25) is 0 Å². The highest BCUT2D eigenvalue weighted by atomic mass is 15.0. The van der Waals surface area contributed by atoms with Gasteiger partial charge in [-0.2, -0.15) is 0 Å². The lowest BCUT2D eigenvalue weighted by molar-refractivity contribution is 0.532. The van der Waals surface area contributed by atoms with Crippen molar-refractivity contribution in [2.45, 2.75) is 26.7 Å². The van der Waals surface area contributed by atoms with Crippen LogP contribution in [0.25, 0.3) is 0 Å². The van der Waals surface area contributed by atoms with E-state index in [1.165, 1.54) is 12.0 Å². The maximum absolute atomic E-state index is 3.72. The number of nitrogens with zero attached hydrogens (tertiary/aromatic N) is 1. The SMILES string of the molecule is C=CCCC(C)C(C)=CN(C)C. The second-order valence-corrected chi connectivity index (χ2v) is 3.60. The highest BCUT2D eigenvalue weighted by molar-refractivity contribution is 5.01. The second kappa shape index (κ2) is 5.87. The number of hydrogen-bond donors (Lipinski definition) is 0. The molecule has 0 aliphatic carbocycles. The molecule has 0 aliphatic heterocycles. The van der Waals surface area contributed by atoms with Gasteiger partial charge in [0.2, 0.25) is 0 Å². The first-order valence-electron chi connectivity index (χ1n) is 4.53. The Morgan fingerprint density at radius 1 is 1.50 bits per heavy atom. The van der Waals surface area contributed by atoms with Crippen molar-refractivity contribution in [2.75, 3.05) is 14.1 Å². The molecule has 1 unspecified atom stereocenters. The Morgan fingerprint density at radius 2 is 2.08 bits per heavy atom. The molecule has 0 fully saturated rings. The van der Waals surface area contributed by atoms with Crippen LogP contribution < -0.4 is 0 Å². The lowest BCUT2D eigenvalue weighted by Crippen LogP contribution is -2.05. The molecule has 0 heterocycles. The smallest absolute Gasteiger partial charge is 0.00556 e. The van der Waals surface area contributed by atoms with Crippen molar-refractivity contribution in [1.29, 1.82) is 0 Å². The minimum atomic E-state index is 0.672. The van der Waals surface area contributed by atoms with Crippen LogP contribution in [0.2, 0.25) is 0 Å². The summed E-state index contributed by atoms with van der Waals surface area (Å²) in [6.07, 6.45) is 6.49. The predicted molar refractivity (Wildman–Crippen MR) is 56.0 cm³/mol. The van der Waals surface area contributed by atoms with Gasteiger partial charge in [0.15, 0.2) is 0 Å². The maximum atomic E-state index is 3.72. The normalized spacial score (nSPS) is 14.2. The zero-order chi connectivity index (χ0) is 9.56. The van der Waals surface area contributed by atoms with Gasteiger partial charge in [0.05, 0.1) is 0 Å². The highest BCUT2D eigenvalue weighted by Crippen LogP contribution is 2.15. The van der Waals surface area contributed by atoms with Crippen molar-refractivity contribution in [2.24, 2.45) is 5.92 Å². The van der Waals surface area contributed by atoms with Crippen molar-refractivity contribution in [3.63, 3.8) is 0 Å². The van der Waals surface area contributed by atoms with Crippen LogP contribution in [0.1, 0.15) is 26.7 Å². The molecule has 0 aromatic rings. The third kappa shape index (κ3) is 5.00. The third-order valence-electron chi connectivity index (χ3n) is 2.04. The Hall–Kier alpha value is -0.720. The summed E-state index contributed by atoms with van der Waals surface area (Å²) in [5, 5.41) is 0. The Kier molecular flexibility index (Phi) is 5.52. The molecule has 1 nitrogen and oxygen atoms in total. The molecule has 1 heteroatoms. The van der Waals surface area contributed by atoms with E-state index in [-0.39, 0.29) is 0 Å². The lowest BCUT2D eigenvalue weighted by atomic mass is 9.98. The standard InChI is InChI=1S/C11H21N/c1-6-7-8-10(2)11(3)9-12(4)5/h6,9-10H,1,7-8H2,2-5H3. The molecule has 0 aromatic heterocycles. The average Bonchev–Trinajstić information content (AvgIpc) is 1.98. The molecule has 0 amide bonds. The summed E-state index contributed by atoms with van der Waals surface area (Å²) in [5.74, 6) is 0.672. The van der Waals surface area contributed by atoms with Crippen LogP contribution in [0, 0.1) is 5.92 Å². The maximum Gasteiger partial charge on any atom is 0.00556 e. The number of allylic oxidation sites excluding steroid dienone is 2. The molecule has 0 N–H and O–H groups in total. The molecular formula is C11H21N. The van der Waals surface area contributed by atoms with Crippen LogP contribution in [0.3, 0.4) is 0 Å². The Bertz CT molecular complexity index is 156. The first-order valence-corrected chi connectivity index (χ1v) is 4.53. The van der Waals surface area contributed by atoms with E-state index >= 15 is 0 Å².